The third-order valence-corrected chi connectivity index (χ3v) is 4.08. The van der Waals surface area contributed by atoms with Gasteiger partial charge < -0.3 is 34.8 Å². The van der Waals surface area contributed by atoms with Crippen LogP contribution >= 0.6 is 0 Å². The minimum atomic E-state index is 0. The molecule has 0 radical (unpaired) electrons. The first-order valence-electron chi connectivity index (χ1n) is 6.52. The Bertz CT molecular complexity index is 592. The summed E-state index contributed by atoms with van der Waals surface area (Å²) in [5.41, 5.74) is 9.35. The summed E-state index contributed by atoms with van der Waals surface area (Å²) in [6, 6.07) is 7.84. The van der Waals surface area contributed by atoms with E-state index in [-0.39, 0.29) is 46.5 Å². The van der Waals surface area contributed by atoms with Crippen molar-refractivity contribution in [3.8, 4) is 0 Å². The maximum Gasteiger partial charge on any atom is 4.00 e. The molecular formula is C17H20Cl2N2Ti. The summed E-state index contributed by atoms with van der Waals surface area (Å²) < 4.78 is 0. The molecule has 2 nitrogen and oxygen atoms in total. The third-order valence-electron chi connectivity index (χ3n) is 4.08. The number of nitrogens with one attached hydrogen (secondary N) is 1. The number of hydrogen-bond donors (Lipinski definition) is 1. The minimum absolute atomic E-state index is 0. The summed E-state index contributed by atoms with van der Waals surface area (Å²) in [5, 5.41) is 0. The molecule has 3 aromatic rings. The molecule has 0 saturated heterocycles. The number of aromatic nitrogens is 2. The van der Waals surface area contributed by atoms with Crippen molar-refractivity contribution < 1.29 is 46.5 Å². The normalized spacial score (nSPS) is 8.95. The molecule has 3 rings (SSSR count). The first kappa shape index (κ1) is 23.6. The molecule has 0 aliphatic carbocycles. The summed E-state index contributed by atoms with van der Waals surface area (Å²) in [6.45, 7) is 11.0. The predicted molar refractivity (Wildman–Crippen MR) is 80.6 cm³/mol. The van der Waals surface area contributed by atoms with E-state index in [1.165, 1.54) is 27.8 Å². The summed E-state index contributed by atoms with van der Waals surface area (Å²) in [6.07, 6.45) is 2.66. The van der Waals surface area contributed by atoms with Crippen molar-refractivity contribution in [1.82, 2.24) is 9.97 Å². The van der Waals surface area contributed by atoms with Crippen LogP contribution in [0, 0.1) is 40.9 Å². The van der Waals surface area contributed by atoms with Crippen LogP contribution < -0.4 is 24.8 Å². The number of H-pyrrole nitrogens is 1. The quantitative estimate of drug-likeness (QED) is 0.371. The SMILES string of the molecule is Cc1c(C)c(C)[c-](C)c1C.[Cl-].[Cl-].[Ti+4].[c-]1nc2ccccc2[nH]1. The Kier molecular flexibility index (Phi) is 10.9. The molecule has 1 heterocycles. The molecule has 0 amide bonds. The zero-order chi connectivity index (χ0) is 14.0. The van der Waals surface area contributed by atoms with Gasteiger partial charge in [-0.05, 0) is 6.33 Å². The van der Waals surface area contributed by atoms with E-state index in [4.69, 9.17) is 0 Å². The second-order valence-corrected chi connectivity index (χ2v) is 4.99. The predicted octanol–water partition coefficient (Wildman–Crippen LogP) is -1.68. The van der Waals surface area contributed by atoms with Gasteiger partial charge in [0.15, 0.2) is 0 Å². The van der Waals surface area contributed by atoms with E-state index in [2.05, 4.69) is 50.9 Å². The molecule has 5 heteroatoms. The van der Waals surface area contributed by atoms with E-state index in [1.807, 2.05) is 24.3 Å². The van der Waals surface area contributed by atoms with E-state index in [1.54, 1.807) is 0 Å². The van der Waals surface area contributed by atoms with Gasteiger partial charge >= 0.3 is 21.7 Å². The molecule has 2 aromatic carbocycles. The molecule has 0 aliphatic rings. The summed E-state index contributed by atoms with van der Waals surface area (Å²) in [4.78, 5) is 6.82. The van der Waals surface area contributed by atoms with Crippen LogP contribution in [0.4, 0.5) is 0 Å². The number of benzene rings is 1. The molecule has 0 aliphatic heterocycles. The van der Waals surface area contributed by atoms with Gasteiger partial charge in [0.2, 0.25) is 0 Å². The monoisotopic (exact) mass is 370 g/mol. The van der Waals surface area contributed by atoms with Crippen LogP contribution in [0.2, 0.25) is 0 Å². The molecule has 0 unspecified atom stereocenters. The van der Waals surface area contributed by atoms with Gasteiger partial charge in [0.25, 0.3) is 0 Å². The van der Waals surface area contributed by atoms with Crippen molar-refractivity contribution in [3.63, 3.8) is 0 Å². The van der Waals surface area contributed by atoms with Gasteiger partial charge in [0.05, 0.1) is 0 Å². The fraction of sp³-hybridized carbons (Fsp3) is 0.294. The number of fused-ring (bicyclic) bond motifs is 1. The average molecular weight is 371 g/mol. The van der Waals surface area contributed by atoms with Crippen molar-refractivity contribution in [1.29, 1.82) is 0 Å². The van der Waals surface area contributed by atoms with E-state index >= 15 is 0 Å². The molecule has 0 fully saturated rings. The zero-order valence-electron chi connectivity index (χ0n) is 13.5. The third kappa shape index (κ3) is 4.92. The number of aromatic amines is 1. The smallest absolute Gasteiger partial charge is 1.00 e. The Morgan fingerprint density at radius 1 is 0.955 bits per heavy atom. The van der Waals surface area contributed by atoms with Crippen molar-refractivity contribution >= 4 is 11.0 Å². The number of halogens is 2. The Labute approximate surface area is 160 Å². The van der Waals surface area contributed by atoms with Crippen molar-refractivity contribution in [2.24, 2.45) is 0 Å². The number of para-hydroxylation sites is 2. The van der Waals surface area contributed by atoms with Crippen LogP contribution in [0.15, 0.2) is 24.3 Å². The van der Waals surface area contributed by atoms with Gasteiger partial charge in [-0.1, -0.05) is 57.8 Å². The number of rotatable bonds is 0. The van der Waals surface area contributed by atoms with Gasteiger partial charge in [-0.15, -0.1) is 12.1 Å². The second-order valence-electron chi connectivity index (χ2n) is 4.99. The standard InChI is InChI=1S/C10H15.C7H5N2.2ClH.Ti/c1-6-7(2)9(4)10(5)8(6)3;1-2-4-7-6(3-1)8-5-9-7;;;/h1-5H3;1-4H,(H,8,9);2*1H;/q2*-1;;;+4/p-2. The van der Waals surface area contributed by atoms with E-state index < -0.39 is 0 Å². The average Bonchev–Trinajstić information content (AvgIpc) is 2.97. The molecule has 1 aromatic heterocycles. The Morgan fingerprint density at radius 3 is 1.86 bits per heavy atom. The van der Waals surface area contributed by atoms with Gasteiger partial charge in [0, 0.05) is 0 Å². The maximum absolute atomic E-state index is 3.94. The van der Waals surface area contributed by atoms with Crippen LogP contribution in [0.1, 0.15) is 27.8 Å². The number of imidazole rings is 1. The Morgan fingerprint density at radius 2 is 1.45 bits per heavy atom. The molecule has 0 spiro atoms. The van der Waals surface area contributed by atoms with Crippen molar-refractivity contribution in [3.05, 3.63) is 58.4 Å². The summed E-state index contributed by atoms with van der Waals surface area (Å²) in [5.74, 6) is 0. The van der Waals surface area contributed by atoms with Gasteiger partial charge in [-0.2, -0.15) is 27.8 Å². The number of nitrogens with zero attached hydrogens (tertiary/aromatic N) is 1. The molecule has 0 bridgehead atoms. The van der Waals surface area contributed by atoms with Gasteiger partial charge in [0.1, 0.15) is 0 Å². The fourth-order valence-corrected chi connectivity index (χ4v) is 2.23. The van der Waals surface area contributed by atoms with Gasteiger partial charge in [-0.25, -0.2) is 0 Å². The first-order chi connectivity index (χ1) is 9.02. The van der Waals surface area contributed by atoms with Crippen LogP contribution in [0.3, 0.4) is 0 Å². The minimum Gasteiger partial charge on any atom is -1.00 e. The molecule has 1 N–H and O–H groups in total. The van der Waals surface area contributed by atoms with E-state index in [0.717, 1.165) is 11.0 Å². The van der Waals surface area contributed by atoms with E-state index in [9.17, 15) is 0 Å². The molecule has 0 saturated carbocycles. The fourth-order valence-electron chi connectivity index (χ4n) is 2.23. The second kappa shape index (κ2) is 10.2. The zero-order valence-corrected chi connectivity index (χ0v) is 16.6. The van der Waals surface area contributed by atoms with Crippen LogP contribution in [0.25, 0.3) is 11.0 Å². The molecule has 0 atom stereocenters. The van der Waals surface area contributed by atoms with E-state index in [0.29, 0.717) is 0 Å². The number of hydrogen-bond acceptors (Lipinski definition) is 1. The van der Waals surface area contributed by atoms with Crippen LogP contribution in [0.5, 0.6) is 0 Å². The topological polar surface area (TPSA) is 28.7 Å². The molecule has 116 valence electrons. The largest absolute Gasteiger partial charge is 4.00 e. The Balaban J connectivity index is 0. The first-order valence-corrected chi connectivity index (χ1v) is 6.52. The summed E-state index contributed by atoms with van der Waals surface area (Å²) >= 11 is 0. The van der Waals surface area contributed by atoms with Crippen LogP contribution in [-0.2, 0) is 21.7 Å². The van der Waals surface area contributed by atoms with Crippen molar-refractivity contribution in [2.45, 2.75) is 34.6 Å². The maximum atomic E-state index is 3.94. The molecule has 22 heavy (non-hydrogen) atoms. The molecular weight excluding hydrogens is 351 g/mol. The van der Waals surface area contributed by atoms with Crippen molar-refractivity contribution in [2.75, 3.05) is 0 Å². The van der Waals surface area contributed by atoms with Gasteiger partial charge in [-0.3, -0.25) is 0 Å². The Hall–Kier alpha value is -0.666. The summed E-state index contributed by atoms with van der Waals surface area (Å²) in [7, 11) is 0. The van der Waals surface area contributed by atoms with Crippen LogP contribution in [-0.4, -0.2) is 9.97 Å².